The van der Waals surface area contributed by atoms with Crippen LogP contribution in [0.15, 0.2) is 200 Å². The second-order valence-electron chi connectivity index (χ2n) is 16.0. The van der Waals surface area contributed by atoms with Crippen molar-refractivity contribution < 1.29 is 20.8 Å². The summed E-state index contributed by atoms with van der Waals surface area (Å²) in [6.07, 6.45) is 2.09. The third kappa shape index (κ3) is 9.97. The summed E-state index contributed by atoms with van der Waals surface area (Å²) >= 11 is -0.826. The molecule has 0 saturated heterocycles. The van der Waals surface area contributed by atoms with E-state index in [0.717, 1.165) is 22.4 Å². The Morgan fingerprint density at radius 2 is 0.906 bits per heavy atom. The fraction of sp³-hybridized carbons (Fsp3) is 0.100. The fourth-order valence-electron chi connectivity index (χ4n) is 8.91. The monoisotopic (exact) mass is 957 g/mol. The zero-order valence-electron chi connectivity index (χ0n) is 36.7. The largest absolute Gasteiger partial charge is 0.184 e. The van der Waals surface area contributed by atoms with Crippen LogP contribution in [0.5, 0.6) is 0 Å². The van der Waals surface area contributed by atoms with Gasteiger partial charge in [-0.2, -0.15) is 29.5 Å². The van der Waals surface area contributed by atoms with Gasteiger partial charge in [-0.25, -0.2) is 0 Å². The van der Waals surface area contributed by atoms with Gasteiger partial charge in [0.05, 0.1) is 9.52 Å². The van der Waals surface area contributed by atoms with Gasteiger partial charge < -0.3 is 0 Å². The number of fused-ring (bicyclic) bond motifs is 5. The van der Waals surface area contributed by atoms with E-state index in [4.69, 9.17) is 17.0 Å². The Balaban J connectivity index is 0.000000132. The van der Waals surface area contributed by atoms with E-state index in [1.807, 2.05) is 6.07 Å². The van der Waals surface area contributed by atoms with Gasteiger partial charge in [0.2, 0.25) is 0 Å². The maximum atomic E-state index is 4.93. The van der Waals surface area contributed by atoms with Gasteiger partial charge in [-0.15, -0.1) is 74.6 Å². The average Bonchev–Trinajstić information content (AvgIpc) is 4.09. The molecule has 0 saturated carbocycles. The molecule has 0 aliphatic carbocycles. The van der Waals surface area contributed by atoms with E-state index >= 15 is 0 Å². The minimum atomic E-state index is -0.826. The van der Waals surface area contributed by atoms with Crippen LogP contribution >= 0.6 is 17.0 Å². The first-order valence-corrected chi connectivity index (χ1v) is 29.3. The molecular formula is C60H49Cl2SiZr-3. The number of benzene rings is 8. The van der Waals surface area contributed by atoms with Crippen molar-refractivity contribution in [1.82, 2.24) is 0 Å². The number of hydrogen-bond donors (Lipinski definition) is 0. The van der Waals surface area contributed by atoms with E-state index in [9.17, 15) is 0 Å². The quantitative estimate of drug-likeness (QED) is 0.115. The molecule has 314 valence electrons. The molecule has 0 unspecified atom stereocenters. The molecule has 0 bridgehead atoms. The van der Waals surface area contributed by atoms with Crippen LogP contribution in [0.1, 0.15) is 36.1 Å². The molecule has 10 aromatic rings. The molecule has 1 heterocycles. The van der Waals surface area contributed by atoms with Crippen molar-refractivity contribution >= 4 is 58.5 Å². The van der Waals surface area contributed by atoms with Crippen LogP contribution in [0.4, 0.5) is 0 Å². The van der Waals surface area contributed by atoms with Gasteiger partial charge in [-0.1, -0.05) is 192 Å². The first-order valence-electron chi connectivity index (χ1n) is 21.9. The number of aryl methyl sites for hydroxylation is 4. The van der Waals surface area contributed by atoms with Crippen LogP contribution in [-0.2, 0) is 33.7 Å². The second-order valence-corrected chi connectivity index (χ2v) is 21.0. The number of halogens is 2. The fourth-order valence-corrected chi connectivity index (χ4v) is 10.2. The third-order valence-corrected chi connectivity index (χ3v) is 13.5. The molecule has 0 N–H and O–H groups in total. The Labute approximate surface area is 400 Å². The van der Waals surface area contributed by atoms with Gasteiger partial charge in [0, 0.05) is 0 Å². The van der Waals surface area contributed by atoms with E-state index in [1.54, 1.807) is 0 Å². The van der Waals surface area contributed by atoms with E-state index < -0.39 is 20.8 Å². The van der Waals surface area contributed by atoms with Crippen LogP contribution in [0.25, 0.3) is 77.2 Å². The summed E-state index contributed by atoms with van der Waals surface area (Å²) in [6, 6.07) is 75.3. The van der Waals surface area contributed by atoms with Gasteiger partial charge >= 0.3 is 37.9 Å². The summed E-state index contributed by atoms with van der Waals surface area (Å²) in [5.41, 5.74) is 18.9. The molecule has 4 heteroatoms. The van der Waals surface area contributed by atoms with E-state index in [-0.39, 0.29) is 0 Å². The smallest absolute Gasteiger partial charge is 0.0920 e. The van der Waals surface area contributed by atoms with Gasteiger partial charge in [0.1, 0.15) is 0 Å². The summed E-state index contributed by atoms with van der Waals surface area (Å²) < 4.78 is 0. The normalized spacial score (nSPS) is 11.0. The van der Waals surface area contributed by atoms with Gasteiger partial charge in [-0.05, 0) is 60.1 Å². The van der Waals surface area contributed by atoms with E-state index in [0.29, 0.717) is 0 Å². The summed E-state index contributed by atoms with van der Waals surface area (Å²) in [5, 5.41) is 8.20. The zero-order valence-corrected chi connectivity index (χ0v) is 41.7. The number of rotatable bonds is 6. The molecule has 1 aliphatic heterocycles. The summed E-state index contributed by atoms with van der Waals surface area (Å²) in [7, 11) is 10.7. The summed E-state index contributed by atoms with van der Waals surface area (Å²) in [6.45, 7) is 8.89. The van der Waals surface area contributed by atoms with Crippen LogP contribution in [0.3, 0.4) is 0 Å². The van der Waals surface area contributed by atoms with Crippen molar-refractivity contribution in [2.45, 2.75) is 40.5 Å². The van der Waals surface area contributed by atoms with Gasteiger partial charge in [-0.3, -0.25) is 0 Å². The average molecular weight is 960 g/mol. The molecule has 0 amide bonds. The standard InChI is InChI=1S/2C24H21.C12H7Si.2ClH.Zr/c2*1-3-18-13-14-20-15-21(19-10-5-4-6-11-19)16-23(20)24(18)22-12-8-7-9-17(22)2;1-3-7-11-9(5-1)10-6-2-4-8-12(10)13-11;;;/h2*4-16H,3H2,1-2H3;1-7H;2*1H;/q3*-1;;;+2/p-2. The van der Waals surface area contributed by atoms with Crippen LogP contribution in [0, 0.1) is 19.9 Å². The Morgan fingerprint density at radius 1 is 0.484 bits per heavy atom. The molecule has 0 spiro atoms. The first-order chi connectivity index (χ1) is 31.4. The molecule has 1 aliphatic rings. The predicted molar refractivity (Wildman–Crippen MR) is 276 cm³/mol. The maximum absolute atomic E-state index is 4.93. The minimum Gasteiger partial charge on any atom is -0.184 e. The molecule has 0 nitrogen and oxygen atoms in total. The SMILES string of the molecule is CCc1ccc2[cH-]c(-c3ccccc3)cc2c1-c1ccccc1C.CCc1ccc2[cH-]c(-c3ccccc3)cc2c1-c1ccccc1C.[Cl][Zr][Cl].[c-]1cccc2c1[Si]c1ccccc1-2. The zero-order chi connectivity index (χ0) is 44.4. The van der Waals surface area contributed by atoms with E-state index in [1.165, 1.54) is 110 Å². The van der Waals surface area contributed by atoms with Gasteiger partial charge in [0.25, 0.3) is 0 Å². The predicted octanol–water partition coefficient (Wildman–Crippen LogP) is 16.0. The molecule has 0 fully saturated rings. The van der Waals surface area contributed by atoms with Crippen LogP contribution in [0.2, 0.25) is 0 Å². The maximum Gasteiger partial charge on any atom is 0.0920 e. The van der Waals surface area contributed by atoms with Crippen molar-refractivity contribution in [2.75, 3.05) is 0 Å². The Bertz CT molecular complexity index is 2910. The second kappa shape index (κ2) is 21.6. The topological polar surface area (TPSA) is 0 Å². The van der Waals surface area contributed by atoms with Crippen molar-refractivity contribution in [2.24, 2.45) is 0 Å². The Kier molecular flexibility index (Phi) is 15.2. The summed E-state index contributed by atoms with van der Waals surface area (Å²) in [5.74, 6) is 0. The van der Waals surface area contributed by atoms with Crippen molar-refractivity contribution in [1.29, 1.82) is 0 Å². The van der Waals surface area contributed by atoms with Crippen LogP contribution < -0.4 is 10.4 Å². The molecule has 11 rings (SSSR count). The molecular weight excluding hydrogens is 911 g/mol. The Morgan fingerprint density at radius 3 is 1.38 bits per heavy atom. The van der Waals surface area contributed by atoms with Crippen molar-refractivity contribution in [3.05, 3.63) is 229 Å². The molecule has 0 atom stereocenters. The van der Waals surface area contributed by atoms with Gasteiger partial charge in [0.15, 0.2) is 0 Å². The Hall–Kier alpha value is -5.34. The molecule has 64 heavy (non-hydrogen) atoms. The van der Waals surface area contributed by atoms with Crippen molar-refractivity contribution in [3.8, 4) is 55.6 Å². The number of hydrogen-bond acceptors (Lipinski definition) is 0. The molecule has 0 aromatic heterocycles. The van der Waals surface area contributed by atoms with Crippen molar-refractivity contribution in [3.63, 3.8) is 0 Å². The van der Waals surface area contributed by atoms with Crippen LogP contribution in [-0.4, -0.2) is 9.52 Å². The first kappa shape index (κ1) is 45.2. The summed E-state index contributed by atoms with van der Waals surface area (Å²) in [4.78, 5) is 0. The third-order valence-electron chi connectivity index (χ3n) is 12.1. The molecule has 10 aromatic carbocycles. The van der Waals surface area contributed by atoms with E-state index in [2.05, 4.69) is 228 Å². The molecule has 2 radical (unpaired) electrons. The minimum absolute atomic E-state index is 0.795.